The van der Waals surface area contributed by atoms with Gasteiger partial charge >= 0.3 is 0 Å². The molecule has 3 rings (SSSR count). The molecule has 1 fully saturated rings. The molecule has 1 unspecified atom stereocenters. The lowest BCUT2D eigenvalue weighted by atomic mass is 10.1. The predicted octanol–water partition coefficient (Wildman–Crippen LogP) is 3.93. The molecular weight excluding hydrogens is 360 g/mol. The summed E-state index contributed by atoms with van der Waals surface area (Å²) in [6, 6.07) is 9.57. The number of amides is 2. The monoisotopic (exact) mass is 386 g/mol. The van der Waals surface area contributed by atoms with Crippen LogP contribution in [0.4, 0.5) is 5.69 Å². The van der Waals surface area contributed by atoms with E-state index in [4.69, 9.17) is 4.74 Å². The molecule has 6 heteroatoms. The number of nitrogens with one attached hydrogen (secondary N) is 1. The molecule has 0 aliphatic carbocycles. The van der Waals surface area contributed by atoms with Gasteiger partial charge in [-0.2, -0.15) is 0 Å². The fourth-order valence-corrected chi connectivity index (χ4v) is 4.04. The summed E-state index contributed by atoms with van der Waals surface area (Å²) >= 11 is 1.45. The minimum atomic E-state index is -0.191. The average molecular weight is 387 g/mol. The van der Waals surface area contributed by atoms with E-state index in [2.05, 4.69) is 5.32 Å². The summed E-state index contributed by atoms with van der Waals surface area (Å²) in [6.45, 7) is 7.14. The summed E-state index contributed by atoms with van der Waals surface area (Å²) in [4.78, 5) is 29.0. The van der Waals surface area contributed by atoms with Crippen molar-refractivity contribution in [3.05, 3.63) is 51.2 Å². The van der Waals surface area contributed by atoms with Gasteiger partial charge in [0.2, 0.25) is 5.91 Å². The van der Waals surface area contributed by atoms with Crippen LogP contribution in [0.2, 0.25) is 0 Å². The van der Waals surface area contributed by atoms with E-state index < -0.39 is 0 Å². The third-order valence-corrected chi connectivity index (χ3v) is 5.89. The van der Waals surface area contributed by atoms with Crippen LogP contribution < -0.4 is 5.32 Å². The van der Waals surface area contributed by atoms with E-state index in [1.165, 1.54) is 11.3 Å². The Labute approximate surface area is 164 Å². The molecule has 1 aromatic heterocycles. The lowest BCUT2D eigenvalue weighted by Crippen LogP contribution is -2.42. The van der Waals surface area contributed by atoms with Crippen LogP contribution in [0, 0.1) is 20.8 Å². The van der Waals surface area contributed by atoms with Crippen molar-refractivity contribution < 1.29 is 14.3 Å². The summed E-state index contributed by atoms with van der Waals surface area (Å²) in [5.74, 6) is -0.303. The number of anilines is 1. The van der Waals surface area contributed by atoms with E-state index in [0.29, 0.717) is 11.4 Å². The van der Waals surface area contributed by atoms with Crippen molar-refractivity contribution in [2.75, 3.05) is 25.0 Å². The number of carbonyl (C=O) groups is 2. The maximum atomic E-state index is 13.0. The Morgan fingerprint density at radius 2 is 2.04 bits per heavy atom. The summed E-state index contributed by atoms with van der Waals surface area (Å²) in [5, 5.41) is 2.95. The van der Waals surface area contributed by atoms with Crippen molar-refractivity contribution in [1.82, 2.24) is 4.90 Å². The molecule has 0 bridgehead atoms. The average Bonchev–Trinajstić information content (AvgIpc) is 3.29. The highest BCUT2D eigenvalue weighted by Crippen LogP contribution is 2.21. The summed E-state index contributed by atoms with van der Waals surface area (Å²) in [5.41, 5.74) is 2.95. The molecule has 1 saturated heterocycles. The van der Waals surface area contributed by atoms with Crippen molar-refractivity contribution >= 4 is 28.8 Å². The molecule has 2 heterocycles. The molecule has 5 nitrogen and oxygen atoms in total. The first kappa shape index (κ1) is 19.6. The van der Waals surface area contributed by atoms with Gasteiger partial charge in [-0.05, 0) is 62.9 Å². The Kier molecular flexibility index (Phi) is 6.29. The maximum Gasteiger partial charge on any atom is 0.264 e. The second-order valence-electron chi connectivity index (χ2n) is 7.03. The van der Waals surface area contributed by atoms with Gasteiger partial charge in [-0.3, -0.25) is 9.59 Å². The van der Waals surface area contributed by atoms with Gasteiger partial charge < -0.3 is 15.0 Å². The first-order valence-electron chi connectivity index (χ1n) is 9.27. The third kappa shape index (κ3) is 4.96. The van der Waals surface area contributed by atoms with Crippen LogP contribution in [0.5, 0.6) is 0 Å². The third-order valence-electron chi connectivity index (χ3n) is 4.90. The van der Waals surface area contributed by atoms with Crippen LogP contribution in [0.25, 0.3) is 0 Å². The molecule has 1 N–H and O–H groups in total. The number of nitrogens with zero attached hydrogens (tertiary/aromatic N) is 1. The van der Waals surface area contributed by atoms with E-state index in [0.717, 1.165) is 41.1 Å². The summed E-state index contributed by atoms with van der Waals surface area (Å²) in [6.07, 6.45) is 1.93. The van der Waals surface area contributed by atoms with E-state index in [1.807, 2.05) is 51.1 Å². The quantitative estimate of drug-likeness (QED) is 0.818. The van der Waals surface area contributed by atoms with Crippen LogP contribution in [-0.2, 0) is 9.53 Å². The molecule has 2 amide bonds. The zero-order valence-corrected chi connectivity index (χ0v) is 16.9. The number of ether oxygens (including phenoxy) is 1. The number of aryl methyl sites for hydroxylation is 2. The Hall–Kier alpha value is -2.18. The summed E-state index contributed by atoms with van der Waals surface area (Å²) in [7, 11) is 0. The topological polar surface area (TPSA) is 58.6 Å². The smallest absolute Gasteiger partial charge is 0.264 e. The molecule has 144 valence electrons. The number of carbonyl (C=O) groups excluding carboxylic acids is 2. The van der Waals surface area contributed by atoms with Crippen molar-refractivity contribution in [3.63, 3.8) is 0 Å². The molecule has 27 heavy (non-hydrogen) atoms. The van der Waals surface area contributed by atoms with Gasteiger partial charge in [0.25, 0.3) is 5.91 Å². The van der Waals surface area contributed by atoms with Crippen LogP contribution in [0.3, 0.4) is 0 Å². The Bertz CT molecular complexity index is 825. The lowest BCUT2D eigenvalue weighted by molar-refractivity contribution is -0.117. The first-order valence-corrected chi connectivity index (χ1v) is 10.1. The standard InChI is InChI=1S/C21H26N2O3S/c1-14-6-4-8-18(16(14)3)22-20(24)13-23(12-17-7-5-11-26-17)21(25)19-10-9-15(2)27-19/h4,6,8-10,17H,5,7,11-13H2,1-3H3,(H,22,24). The SMILES string of the molecule is Cc1ccc(C(=O)N(CC(=O)Nc2cccc(C)c2C)CC2CCCO2)s1. The van der Waals surface area contributed by atoms with Gasteiger partial charge in [-0.25, -0.2) is 0 Å². The highest BCUT2D eigenvalue weighted by atomic mass is 32.1. The zero-order chi connectivity index (χ0) is 19.4. The highest BCUT2D eigenvalue weighted by molar-refractivity contribution is 7.13. The molecule has 1 aliphatic rings. The van der Waals surface area contributed by atoms with Crippen molar-refractivity contribution in [3.8, 4) is 0 Å². The van der Waals surface area contributed by atoms with Crippen molar-refractivity contribution in [2.45, 2.75) is 39.7 Å². The fraction of sp³-hybridized carbons (Fsp3) is 0.429. The van der Waals surface area contributed by atoms with E-state index in [-0.39, 0.29) is 24.5 Å². The van der Waals surface area contributed by atoms with Gasteiger partial charge in [-0.15, -0.1) is 11.3 Å². The van der Waals surface area contributed by atoms with Crippen LogP contribution in [0.15, 0.2) is 30.3 Å². The predicted molar refractivity (Wildman–Crippen MR) is 108 cm³/mol. The van der Waals surface area contributed by atoms with Crippen molar-refractivity contribution in [1.29, 1.82) is 0 Å². The first-order chi connectivity index (χ1) is 12.9. The summed E-state index contributed by atoms with van der Waals surface area (Å²) < 4.78 is 5.69. The minimum Gasteiger partial charge on any atom is -0.376 e. The van der Waals surface area contributed by atoms with Gasteiger partial charge in [0.15, 0.2) is 0 Å². The molecular formula is C21H26N2O3S. The largest absolute Gasteiger partial charge is 0.376 e. The number of hydrogen-bond donors (Lipinski definition) is 1. The number of benzene rings is 1. The van der Waals surface area contributed by atoms with Crippen LogP contribution in [-0.4, -0.2) is 42.5 Å². The molecule has 1 aliphatic heterocycles. The number of rotatable bonds is 6. The Morgan fingerprint density at radius 3 is 2.70 bits per heavy atom. The molecule has 1 atom stereocenters. The fourth-order valence-electron chi connectivity index (χ4n) is 3.21. The Balaban J connectivity index is 1.72. The van der Waals surface area contributed by atoms with Crippen molar-refractivity contribution in [2.24, 2.45) is 0 Å². The second kappa shape index (κ2) is 8.67. The lowest BCUT2D eigenvalue weighted by Gasteiger charge is -2.24. The van der Waals surface area contributed by atoms with Crippen LogP contribution >= 0.6 is 11.3 Å². The Morgan fingerprint density at radius 1 is 1.22 bits per heavy atom. The maximum absolute atomic E-state index is 13.0. The zero-order valence-electron chi connectivity index (χ0n) is 16.1. The van der Waals surface area contributed by atoms with E-state index in [1.54, 1.807) is 4.90 Å². The van der Waals surface area contributed by atoms with Gasteiger partial charge in [0, 0.05) is 23.7 Å². The van der Waals surface area contributed by atoms with E-state index >= 15 is 0 Å². The minimum absolute atomic E-state index is 0.00325. The molecule has 0 spiro atoms. The molecule has 0 saturated carbocycles. The number of hydrogen-bond acceptors (Lipinski definition) is 4. The van der Waals surface area contributed by atoms with Gasteiger partial charge in [0.05, 0.1) is 11.0 Å². The second-order valence-corrected chi connectivity index (χ2v) is 8.31. The number of thiophene rings is 1. The molecule has 1 aromatic carbocycles. The molecule has 2 aromatic rings. The van der Waals surface area contributed by atoms with Gasteiger partial charge in [0.1, 0.15) is 6.54 Å². The van der Waals surface area contributed by atoms with Crippen LogP contribution in [0.1, 0.15) is 38.5 Å². The van der Waals surface area contributed by atoms with Gasteiger partial charge in [-0.1, -0.05) is 12.1 Å². The molecule has 0 radical (unpaired) electrons. The highest BCUT2D eigenvalue weighted by Gasteiger charge is 2.26. The van der Waals surface area contributed by atoms with E-state index in [9.17, 15) is 9.59 Å². The normalized spacial score (nSPS) is 16.3.